The third-order valence-electron chi connectivity index (χ3n) is 5.80. The van der Waals surface area contributed by atoms with Crippen LogP contribution in [0.1, 0.15) is 65.6 Å². The standard InChI is InChI=1S/C22H27N5O2S/c1-3-10-25(4-2)22(29)19-20-23-9-5-18(27(20)15-24-19)16-6-11-26(12-7-16)21(28)17-8-13-30-14-17/h5,8-9,13-16H,3-4,6-7,10-12H2,1-2H3. The number of carbonyl (C=O) groups is 2. The largest absolute Gasteiger partial charge is 0.339 e. The number of nitrogens with zero attached hydrogens (tertiary/aromatic N) is 5. The van der Waals surface area contributed by atoms with Gasteiger partial charge in [0, 0.05) is 49.4 Å². The summed E-state index contributed by atoms with van der Waals surface area (Å²) in [5.41, 5.74) is 2.91. The van der Waals surface area contributed by atoms with Crippen LogP contribution in [0, 0.1) is 0 Å². The SMILES string of the molecule is CCCN(CC)C(=O)c1ncn2c(C3CCN(C(=O)c4ccsc4)CC3)ccnc12. The summed E-state index contributed by atoms with van der Waals surface area (Å²) >= 11 is 1.55. The Balaban J connectivity index is 1.52. The van der Waals surface area contributed by atoms with Crippen LogP contribution in [-0.4, -0.2) is 62.2 Å². The number of thiophene rings is 1. The van der Waals surface area contributed by atoms with Crippen molar-refractivity contribution in [2.45, 2.75) is 39.0 Å². The van der Waals surface area contributed by atoms with Gasteiger partial charge in [-0.2, -0.15) is 11.3 Å². The highest BCUT2D eigenvalue weighted by molar-refractivity contribution is 7.08. The summed E-state index contributed by atoms with van der Waals surface area (Å²) in [6, 6.07) is 3.89. The molecule has 0 N–H and O–H groups in total. The smallest absolute Gasteiger partial charge is 0.276 e. The van der Waals surface area contributed by atoms with Crippen molar-refractivity contribution >= 4 is 28.8 Å². The molecule has 7 nitrogen and oxygen atoms in total. The molecular formula is C22H27N5O2S. The lowest BCUT2D eigenvalue weighted by molar-refractivity contribution is 0.0711. The fourth-order valence-electron chi connectivity index (χ4n) is 4.17. The molecule has 8 heteroatoms. The first-order valence-electron chi connectivity index (χ1n) is 10.6. The molecule has 158 valence electrons. The molecule has 4 heterocycles. The van der Waals surface area contributed by atoms with Crippen molar-refractivity contribution < 1.29 is 9.59 Å². The lowest BCUT2D eigenvalue weighted by atomic mass is 9.93. The van der Waals surface area contributed by atoms with Crippen molar-refractivity contribution in [3.8, 4) is 0 Å². The quantitative estimate of drug-likeness (QED) is 0.604. The van der Waals surface area contributed by atoms with E-state index in [1.165, 1.54) is 0 Å². The second kappa shape index (κ2) is 8.95. The average molecular weight is 426 g/mol. The Morgan fingerprint density at radius 1 is 1.20 bits per heavy atom. The minimum absolute atomic E-state index is 0.0670. The average Bonchev–Trinajstić information content (AvgIpc) is 3.46. The number of amides is 2. The van der Waals surface area contributed by atoms with E-state index in [-0.39, 0.29) is 11.8 Å². The Morgan fingerprint density at radius 2 is 2.00 bits per heavy atom. The number of rotatable bonds is 6. The molecule has 1 fully saturated rings. The van der Waals surface area contributed by atoms with E-state index in [9.17, 15) is 9.59 Å². The van der Waals surface area contributed by atoms with E-state index in [0.717, 1.165) is 43.6 Å². The fraction of sp³-hybridized carbons (Fsp3) is 0.455. The maximum absolute atomic E-state index is 12.9. The Hall–Kier alpha value is -2.74. The molecule has 0 radical (unpaired) electrons. The van der Waals surface area contributed by atoms with Crippen molar-refractivity contribution in [3.05, 3.63) is 52.4 Å². The van der Waals surface area contributed by atoms with Crippen molar-refractivity contribution in [1.82, 2.24) is 24.2 Å². The van der Waals surface area contributed by atoms with E-state index in [4.69, 9.17) is 0 Å². The van der Waals surface area contributed by atoms with Crippen molar-refractivity contribution in [2.24, 2.45) is 0 Å². The number of aromatic nitrogens is 3. The van der Waals surface area contributed by atoms with E-state index in [1.54, 1.807) is 23.9 Å². The van der Waals surface area contributed by atoms with E-state index < -0.39 is 0 Å². The van der Waals surface area contributed by atoms with Crippen LogP contribution in [-0.2, 0) is 0 Å². The van der Waals surface area contributed by atoms with E-state index in [2.05, 4.69) is 16.9 Å². The van der Waals surface area contributed by atoms with Gasteiger partial charge in [-0.05, 0) is 43.7 Å². The first-order valence-corrected chi connectivity index (χ1v) is 11.5. The van der Waals surface area contributed by atoms with Gasteiger partial charge >= 0.3 is 0 Å². The number of hydrogen-bond donors (Lipinski definition) is 0. The normalized spacial score (nSPS) is 14.9. The zero-order valence-electron chi connectivity index (χ0n) is 17.5. The highest BCUT2D eigenvalue weighted by atomic mass is 32.1. The van der Waals surface area contributed by atoms with Crippen LogP contribution in [0.3, 0.4) is 0 Å². The number of piperidine rings is 1. The first kappa shape index (κ1) is 20.5. The second-order valence-electron chi connectivity index (χ2n) is 7.62. The Morgan fingerprint density at radius 3 is 2.67 bits per heavy atom. The van der Waals surface area contributed by atoms with E-state index in [1.807, 2.05) is 44.0 Å². The van der Waals surface area contributed by atoms with Crippen LogP contribution >= 0.6 is 11.3 Å². The molecule has 0 unspecified atom stereocenters. The third-order valence-corrected chi connectivity index (χ3v) is 6.48. The van der Waals surface area contributed by atoms with Gasteiger partial charge in [-0.3, -0.25) is 14.0 Å². The van der Waals surface area contributed by atoms with E-state index >= 15 is 0 Å². The van der Waals surface area contributed by atoms with Gasteiger partial charge in [0.2, 0.25) is 0 Å². The lowest BCUT2D eigenvalue weighted by Gasteiger charge is -2.32. The molecule has 3 aromatic rings. The molecule has 1 aliphatic rings. The fourth-order valence-corrected chi connectivity index (χ4v) is 4.80. The van der Waals surface area contributed by atoms with Gasteiger partial charge in [-0.1, -0.05) is 6.92 Å². The van der Waals surface area contributed by atoms with Gasteiger partial charge in [0.1, 0.15) is 6.33 Å². The van der Waals surface area contributed by atoms with Crippen LogP contribution in [0.5, 0.6) is 0 Å². The summed E-state index contributed by atoms with van der Waals surface area (Å²) in [4.78, 5) is 38.2. The number of carbonyl (C=O) groups excluding carboxylic acids is 2. The Labute approximate surface area is 180 Å². The third kappa shape index (κ3) is 3.84. The highest BCUT2D eigenvalue weighted by Gasteiger charge is 2.27. The second-order valence-corrected chi connectivity index (χ2v) is 8.40. The van der Waals surface area contributed by atoms with Crippen molar-refractivity contribution in [3.63, 3.8) is 0 Å². The van der Waals surface area contributed by atoms with Gasteiger partial charge in [-0.25, -0.2) is 9.97 Å². The summed E-state index contributed by atoms with van der Waals surface area (Å²) in [6.07, 6.45) is 6.16. The molecule has 4 rings (SSSR count). The summed E-state index contributed by atoms with van der Waals surface area (Å²) < 4.78 is 1.95. The molecular weight excluding hydrogens is 398 g/mol. The Kier molecular flexibility index (Phi) is 6.13. The zero-order chi connectivity index (χ0) is 21.1. The predicted molar refractivity (Wildman–Crippen MR) is 117 cm³/mol. The molecule has 0 atom stereocenters. The number of hydrogen-bond acceptors (Lipinski definition) is 5. The number of likely N-dealkylation sites (tertiary alicyclic amines) is 1. The molecule has 1 aliphatic heterocycles. The van der Waals surface area contributed by atoms with Crippen LogP contribution in [0.15, 0.2) is 35.4 Å². The van der Waals surface area contributed by atoms with Crippen LogP contribution in [0.4, 0.5) is 0 Å². The monoisotopic (exact) mass is 425 g/mol. The van der Waals surface area contributed by atoms with Gasteiger partial charge in [0.05, 0.1) is 5.56 Å². The van der Waals surface area contributed by atoms with Crippen LogP contribution in [0.25, 0.3) is 5.65 Å². The number of fused-ring (bicyclic) bond motifs is 1. The van der Waals surface area contributed by atoms with Gasteiger partial charge in [0.25, 0.3) is 11.8 Å². The molecule has 2 amide bonds. The molecule has 30 heavy (non-hydrogen) atoms. The molecule has 0 saturated carbocycles. The van der Waals surface area contributed by atoms with Crippen molar-refractivity contribution in [2.75, 3.05) is 26.2 Å². The van der Waals surface area contributed by atoms with Crippen molar-refractivity contribution in [1.29, 1.82) is 0 Å². The summed E-state index contributed by atoms with van der Waals surface area (Å²) in [5, 5.41) is 3.84. The zero-order valence-corrected chi connectivity index (χ0v) is 18.3. The molecule has 0 bridgehead atoms. The summed E-state index contributed by atoms with van der Waals surface area (Å²) in [5.74, 6) is 0.348. The summed E-state index contributed by atoms with van der Waals surface area (Å²) in [7, 11) is 0. The maximum atomic E-state index is 12.9. The van der Waals surface area contributed by atoms with Gasteiger partial charge in [0.15, 0.2) is 11.3 Å². The lowest BCUT2D eigenvalue weighted by Crippen LogP contribution is -2.38. The minimum atomic E-state index is -0.0670. The molecule has 0 aromatic carbocycles. The highest BCUT2D eigenvalue weighted by Crippen LogP contribution is 2.29. The maximum Gasteiger partial charge on any atom is 0.276 e. The first-order chi connectivity index (χ1) is 14.6. The van der Waals surface area contributed by atoms with Gasteiger partial charge in [-0.15, -0.1) is 0 Å². The summed E-state index contributed by atoms with van der Waals surface area (Å²) in [6.45, 7) is 6.86. The van der Waals surface area contributed by atoms with E-state index in [0.29, 0.717) is 30.3 Å². The predicted octanol–water partition coefficient (Wildman–Crippen LogP) is 3.68. The molecule has 0 spiro atoms. The number of imidazole rings is 1. The van der Waals surface area contributed by atoms with Crippen LogP contribution < -0.4 is 0 Å². The molecule has 1 saturated heterocycles. The minimum Gasteiger partial charge on any atom is -0.339 e. The van der Waals surface area contributed by atoms with Gasteiger partial charge < -0.3 is 9.80 Å². The van der Waals surface area contributed by atoms with Crippen LogP contribution in [0.2, 0.25) is 0 Å². The Bertz CT molecular complexity index is 1020. The molecule has 0 aliphatic carbocycles. The topological polar surface area (TPSA) is 70.8 Å². The molecule has 3 aromatic heterocycles.